The fourth-order valence-corrected chi connectivity index (χ4v) is 4.05. The summed E-state index contributed by atoms with van der Waals surface area (Å²) in [7, 11) is -3.60. The number of nitrogen functional groups attached to an aromatic ring is 1. The number of hydrogen-bond acceptors (Lipinski definition) is 6. The van der Waals surface area contributed by atoms with Crippen LogP contribution >= 0.6 is 11.3 Å². The Balaban J connectivity index is 1.68. The van der Waals surface area contributed by atoms with Crippen LogP contribution in [0, 0.1) is 0 Å². The quantitative estimate of drug-likeness (QED) is 0.867. The van der Waals surface area contributed by atoms with Gasteiger partial charge in [-0.05, 0) is 17.5 Å². The summed E-state index contributed by atoms with van der Waals surface area (Å²) in [6, 6.07) is 8.04. The Kier molecular flexibility index (Phi) is 3.00. The van der Waals surface area contributed by atoms with Crippen LogP contribution in [0.1, 0.15) is 17.0 Å². The number of nitrogens with zero attached hydrogens (tertiary/aromatic N) is 2. The lowest BCUT2D eigenvalue weighted by molar-refractivity contribution is 0.550. The maximum atomic E-state index is 11.9. The predicted molar refractivity (Wildman–Crippen MR) is 72.4 cm³/mol. The maximum Gasteiger partial charge on any atom is 0.269 e. The van der Waals surface area contributed by atoms with Crippen molar-refractivity contribution in [3.63, 3.8) is 0 Å². The number of nitrogens with two attached hydrogens (primary N) is 1. The number of fused-ring (bicyclic) bond motifs is 1. The van der Waals surface area contributed by atoms with Crippen LogP contribution in [0.25, 0.3) is 0 Å². The summed E-state index contributed by atoms with van der Waals surface area (Å²) in [6.07, 6.45) is 0.900. The molecule has 1 unspecified atom stereocenters. The fourth-order valence-electron chi connectivity index (χ4n) is 2.15. The average Bonchev–Trinajstić information content (AvgIpc) is 2.78. The van der Waals surface area contributed by atoms with E-state index in [2.05, 4.69) is 21.0 Å². The van der Waals surface area contributed by atoms with E-state index < -0.39 is 10.0 Å². The summed E-state index contributed by atoms with van der Waals surface area (Å²) in [6.45, 7) is 0.374. The van der Waals surface area contributed by atoms with Gasteiger partial charge in [-0.1, -0.05) is 35.6 Å². The van der Waals surface area contributed by atoms with E-state index in [9.17, 15) is 8.42 Å². The number of benzene rings is 1. The fraction of sp³-hybridized carbons (Fsp3) is 0.273. The number of hydrogen-bond donors (Lipinski definition) is 2. The molecule has 8 heteroatoms. The van der Waals surface area contributed by atoms with Gasteiger partial charge in [0.2, 0.25) is 9.47 Å². The zero-order chi connectivity index (χ0) is 13.5. The molecule has 100 valence electrons. The Morgan fingerprint density at radius 1 is 1.37 bits per heavy atom. The van der Waals surface area contributed by atoms with E-state index in [0.717, 1.165) is 17.8 Å². The molecule has 0 amide bonds. The van der Waals surface area contributed by atoms with Gasteiger partial charge in [0.15, 0.2) is 0 Å². The molecule has 3 N–H and O–H groups in total. The highest BCUT2D eigenvalue weighted by Crippen LogP contribution is 2.34. The van der Waals surface area contributed by atoms with Crippen LogP contribution in [0.2, 0.25) is 0 Å². The van der Waals surface area contributed by atoms with Gasteiger partial charge < -0.3 is 5.73 Å². The number of aromatic nitrogens is 2. The van der Waals surface area contributed by atoms with Gasteiger partial charge >= 0.3 is 0 Å². The summed E-state index contributed by atoms with van der Waals surface area (Å²) >= 11 is 0.863. The van der Waals surface area contributed by atoms with Crippen molar-refractivity contribution in [2.75, 3.05) is 12.3 Å². The molecule has 1 aromatic heterocycles. The lowest BCUT2D eigenvalue weighted by Gasteiger charge is -2.29. The van der Waals surface area contributed by atoms with E-state index in [0.29, 0.717) is 6.54 Å². The van der Waals surface area contributed by atoms with Crippen molar-refractivity contribution < 1.29 is 8.42 Å². The van der Waals surface area contributed by atoms with Gasteiger partial charge in [-0.2, -0.15) is 0 Å². The average molecular weight is 296 g/mol. The smallest absolute Gasteiger partial charge is 0.269 e. The van der Waals surface area contributed by atoms with Gasteiger partial charge in [0.05, 0.1) is 0 Å². The van der Waals surface area contributed by atoms with Crippen molar-refractivity contribution in [2.24, 2.45) is 0 Å². The van der Waals surface area contributed by atoms with Crippen LogP contribution in [0.5, 0.6) is 0 Å². The lowest BCUT2D eigenvalue weighted by Crippen LogP contribution is -2.33. The van der Waals surface area contributed by atoms with E-state index in [-0.39, 0.29) is 15.4 Å². The third-order valence-corrected chi connectivity index (χ3v) is 5.68. The third-order valence-electron chi connectivity index (χ3n) is 3.13. The monoisotopic (exact) mass is 296 g/mol. The van der Waals surface area contributed by atoms with Crippen molar-refractivity contribution in [1.82, 2.24) is 14.9 Å². The summed E-state index contributed by atoms with van der Waals surface area (Å²) in [4.78, 5) is 0. The highest BCUT2D eigenvalue weighted by Gasteiger charge is 2.28. The van der Waals surface area contributed by atoms with Gasteiger partial charge in [0.1, 0.15) is 0 Å². The number of rotatable bonds is 4. The Bertz CT molecular complexity index is 711. The highest BCUT2D eigenvalue weighted by molar-refractivity contribution is 7.91. The number of sulfonamides is 1. The molecule has 1 aliphatic carbocycles. The molecule has 0 saturated carbocycles. The largest absolute Gasteiger partial charge is 0.374 e. The first-order valence-electron chi connectivity index (χ1n) is 5.73. The first-order valence-corrected chi connectivity index (χ1v) is 8.03. The second-order valence-corrected chi connectivity index (χ2v) is 7.31. The van der Waals surface area contributed by atoms with Gasteiger partial charge in [-0.3, -0.25) is 0 Å². The molecule has 1 heterocycles. The summed E-state index contributed by atoms with van der Waals surface area (Å²) in [5.41, 5.74) is 7.88. The maximum absolute atomic E-state index is 11.9. The third kappa shape index (κ3) is 2.34. The number of nitrogens with one attached hydrogen (secondary N) is 1. The molecule has 1 aliphatic rings. The molecule has 2 aromatic rings. The van der Waals surface area contributed by atoms with Crippen LogP contribution in [0.3, 0.4) is 0 Å². The molecule has 0 fully saturated rings. The van der Waals surface area contributed by atoms with E-state index in [4.69, 9.17) is 5.73 Å². The van der Waals surface area contributed by atoms with E-state index in [1.54, 1.807) is 0 Å². The topological polar surface area (TPSA) is 98.0 Å². The molecule has 0 saturated heterocycles. The van der Waals surface area contributed by atoms with Crippen molar-refractivity contribution in [2.45, 2.75) is 16.7 Å². The first-order chi connectivity index (χ1) is 9.06. The van der Waals surface area contributed by atoms with Crippen LogP contribution in [-0.4, -0.2) is 25.2 Å². The molecule has 0 aliphatic heterocycles. The van der Waals surface area contributed by atoms with E-state index in [1.807, 2.05) is 18.2 Å². The van der Waals surface area contributed by atoms with Gasteiger partial charge in [-0.15, -0.1) is 10.2 Å². The van der Waals surface area contributed by atoms with E-state index in [1.165, 1.54) is 11.1 Å². The molecule has 3 rings (SSSR count). The minimum atomic E-state index is -3.60. The molecule has 1 atom stereocenters. The normalized spacial score (nSPS) is 17.8. The molecule has 0 spiro atoms. The standard InChI is InChI=1S/C11H12N4O2S2/c12-10-14-15-11(18-10)19(16,17)13-6-8-5-7-3-1-2-4-9(7)8/h1-4,8,13H,5-6H2,(H2,12,14). The van der Waals surface area contributed by atoms with Crippen LogP contribution in [-0.2, 0) is 16.4 Å². The zero-order valence-corrected chi connectivity index (χ0v) is 11.5. The van der Waals surface area contributed by atoms with E-state index >= 15 is 0 Å². The predicted octanol–water partition coefficient (Wildman–Crippen LogP) is 0.738. The SMILES string of the molecule is Nc1nnc(S(=O)(=O)NCC2Cc3ccccc32)s1. The molecule has 0 bridgehead atoms. The van der Waals surface area contributed by atoms with Gasteiger partial charge in [0, 0.05) is 12.5 Å². The highest BCUT2D eigenvalue weighted by atomic mass is 32.2. The van der Waals surface area contributed by atoms with Crippen LogP contribution in [0.4, 0.5) is 5.13 Å². The van der Waals surface area contributed by atoms with Crippen molar-refractivity contribution in [3.05, 3.63) is 35.4 Å². The summed E-state index contributed by atoms with van der Waals surface area (Å²) < 4.78 is 26.4. The summed E-state index contributed by atoms with van der Waals surface area (Å²) in [5.74, 6) is 0.233. The Labute approximate surface area is 114 Å². The molecule has 1 aromatic carbocycles. The Hall–Kier alpha value is -1.51. The number of anilines is 1. The lowest BCUT2D eigenvalue weighted by atomic mass is 9.78. The minimum absolute atomic E-state index is 0.0855. The van der Waals surface area contributed by atoms with Gasteiger partial charge in [-0.25, -0.2) is 13.1 Å². The second kappa shape index (κ2) is 4.55. The Morgan fingerprint density at radius 2 is 2.16 bits per heavy atom. The molecule has 0 radical (unpaired) electrons. The molecule has 19 heavy (non-hydrogen) atoms. The molecular weight excluding hydrogens is 284 g/mol. The zero-order valence-electron chi connectivity index (χ0n) is 9.91. The second-order valence-electron chi connectivity index (χ2n) is 4.36. The van der Waals surface area contributed by atoms with Crippen LogP contribution in [0.15, 0.2) is 28.6 Å². The van der Waals surface area contributed by atoms with Gasteiger partial charge in [0.25, 0.3) is 10.0 Å². The van der Waals surface area contributed by atoms with Crippen molar-refractivity contribution in [1.29, 1.82) is 0 Å². The van der Waals surface area contributed by atoms with Crippen molar-refractivity contribution in [3.8, 4) is 0 Å². The first kappa shape index (κ1) is 12.5. The van der Waals surface area contributed by atoms with Crippen molar-refractivity contribution >= 4 is 26.5 Å². The molecule has 6 nitrogen and oxygen atoms in total. The van der Waals surface area contributed by atoms with Crippen LogP contribution < -0.4 is 10.5 Å². The molecular formula is C11H12N4O2S2. The summed E-state index contributed by atoms with van der Waals surface area (Å²) in [5, 5.41) is 7.20. The Morgan fingerprint density at radius 3 is 2.84 bits per heavy atom. The minimum Gasteiger partial charge on any atom is -0.374 e.